The van der Waals surface area contributed by atoms with Crippen LogP contribution in [0.25, 0.3) is 0 Å². The molecule has 0 unspecified atom stereocenters. The van der Waals surface area contributed by atoms with Crippen LogP contribution in [0.15, 0.2) is 41.0 Å². The van der Waals surface area contributed by atoms with Gasteiger partial charge in [-0.05, 0) is 46.3 Å². The largest absolute Gasteiger partial charge is 0.495 e. The number of benzene rings is 1. The third-order valence-corrected chi connectivity index (χ3v) is 3.24. The monoisotopic (exact) mass is 349 g/mol. The molecule has 0 radical (unpaired) electrons. The van der Waals surface area contributed by atoms with Crippen LogP contribution in [-0.4, -0.2) is 18.0 Å². The Labute approximate surface area is 131 Å². The van der Waals surface area contributed by atoms with E-state index < -0.39 is 0 Å². The number of halogens is 1. The average molecular weight is 350 g/mol. The quantitative estimate of drug-likeness (QED) is 0.867. The van der Waals surface area contributed by atoms with Gasteiger partial charge >= 0.3 is 0 Å². The number of nitrogens with zero attached hydrogens (tertiary/aromatic N) is 1. The molecule has 2 N–H and O–H groups in total. The molecule has 2 aromatic rings. The van der Waals surface area contributed by atoms with Crippen molar-refractivity contribution < 1.29 is 9.53 Å². The minimum Gasteiger partial charge on any atom is -0.495 e. The summed E-state index contributed by atoms with van der Waals surface area (Å²) in [5, 5.41) is 6.01. The highest BCUT2D eigenvalue weighted by molar-refractivity contribution is 9.10. The Morgan fingerprint density at radius 3 is 2.76 bits per heavy atom. The van der Waals surface area contributed by atoms with Crippen LogP contribution < -0.4 is 15.4 Å². The first-order valence-electron chi connectivity index (χ1n) is 6.38. The number of ether oxygens (including phenoxy) is 1. The van der Waals surface area contributed by atoms with E-state index >= 15 is 0 Å². The van der Waals surface area contributed by atoms with Crippen LogP contribution in [0.3, 0.4) is 0 Å². The second-order valence-electron chi connectivity index (χ2n) is 4.42. The van der Waals surface area contributed by atoms with E-state index in [1.165, 1.54) is 6.92 Å². The minimum atomic E-state index is -0.110. The summed E-state index contributed by atoms with van der Waals surface area (Å²) in [6.07, 6.45) is 1.75. The molecule has 0 aliphatic carbocycles. The Balaban J connectivity index is 2.13. The zero-order chi connectivity index (χ0) is 15.2. The molecule has 1 heterocycles. The first kappa shape index (κ1) is 15.3. The summed E-state index contributed by atoms with van der Waals surface area (Å²) in [4.78, 5) is 15.4. The zero-order valence-electron chi connectivity index (χ0n) is 11.8. The third-order valence-electron chi connectivity index (χ3n) is 2.77. The van der Waals surface area contributed by atoms with E-state index in [-0.39, 0.29) is 5.91 Å². The number of pyridine rings is 1. The lowest BCUT2D eigenvalue weighted by Gasteiger charge is -2.13. The number of methoxy groups -OCH3 is 1. The fraction of sp³-hybridized carbons (Fsp3) is 0.200. The predicted octanol–water partition coefficient (Wildman–Crippen LogP) is 3.42. The number of amides is 1. The molecule has 21 heavy (non-hydrogen) atoms. The molecule has 1 aromatic carbocycles. The second kappa shape index (κ2) is 7.08. The number of rotatable bonds is 5. The third kappa shape index (κ3) is 4.46. The topological polar surface area (TPSA) is 63.2 Å². The lowest BCUT2D eigenvalue weighted by atomic mass is 10.2. The highest BCUT2D eigenvalue weighted by Crippen LogP contribution is 2.28. The fourth-order valence-electron chi connectivity index (χ4n) is 1.82. The van der Waals surface area contributed by atoms with Crippen molar-refractivity contribution in [2.45, 2.75) is 13.5 Å². The molecule has 2 rings (SSSR count). The Morgan fingerprint density at radius 1 is 1.33 bits per heavy atom. The molecule has 0 aliphatic heterocycles. The van der Waals surface area contributed by atoms with Gasteiger partial charge in [0, 0.05) is 23.3 Å². The summed E-state index contributed by atoms with van der Waals surface area (Å²) >= 11 is 3.35. The van der Waals surface area contributed by atoms with Gasteiger partial charge in [-0.2, -0.15) is 0 Å². The summed E-state index contributed by atoms with van der Waals surface area (Å²) in [5.74, 6) is 0.599. The molecule has 0 fully saturated rings. The van der Waals surface area contributed by atoms with Gasteiger partial charge in [0.2, 0.25) is 5.91 Å². The van der Waals surface area contributed by atoms with Crippen molar-refractivity contribution in [3.63, 3.8) is 0 Å². The summed E-state index contributed by atoms with van der Waals surface area (Å²) in [5.41, 5.74) is 2.42. The maximum absolute atomic E-state index is 11.1. The van der Waals surface area contributed by atoms with Crippen molar-refractivity contribution in [3.8, 4) is 5.75 Å². The van der Waals surface area contributed by atoms with E-state index in [0.717, 1.165) is 21.5 Å². The van der Waals surface area contributed by atoms with Crippen LogP contribution in [0.4, 0.5) is 11.4 Å². The molecule has 110 valence electrons. The summed E-state index contributed by atoms with van der Waals surface area (Å²) < 4.78 is 6.25. The Hall–Kier alpha value is -2.08. The van der Waals surface area contributed by atoms with Crippen LogP contribution in [0, 0.1) is 0 Å². The van der Waals surface area contributed by atoms with Crippen molar-refractivity contribution in [3.05, 3.63) is 46.7 Å². The molecule has 1 aromatic heterocycles. The lowest BCUT2D eigenvalue weighted by Crippen LogP contribution is -2.07. The number of carbonyl (C=O) groups excluding carboxylic acids is 1. The van der Waals surface area contributed by atoms with Crippen LogP contribution in [0.2, 0.25) is 0 Å². The normalized spacial score (nSPS) is 10.0. The maximum Gasteiger partial charge on any atom is 0.221 e. The first-order valence-corrected chi connectivity index (χ1v) is 7.17. The fourth-order valence-corrected chi connectivity index (χ4v) is 2.06. The molecule has 0 saturated carbocycles. The molecular formula is C15H16BrN3O2. The number of carbonyl (C=O) groups is 1. The Kier molecular flexibility index (Phi) is 5.16. The van der Waals surface area contributed by atoms with E-state index in [2.05, 4.69) is 31.5 Å². The Bertz CT molecular complexity index is 629. The molecule has 5 nitrogen and oxygen atoms in total. The predicted molar refractivity (Wildman–Crippen MR) is 86.6 cm³/mol. The van der Waals surface area contributed by atoms with Gasteiger partial charge in [-0.3, -0.25) is 9.78 Å². The van der Waals surface area contributed by atoms with Crippen molar-refractivity contribution in [1.29, 1.82) is 0 Å². The van der Waals surface area contributed by atoms with E-state index in [0.29, 0.717) is 12.3 Å². The van der Waals surface area contributed by atoms with Crippen molar-refractivity contribution >= 4 is 33.2 Å². The van der Waals surface area contributed by atoms with Gasteiger partial charge < -0.3 is 15.4 Å². The minimum absolute atomic E-state index is 0.110. The van der Waals surface area contributed by atoms with Gasteiger partial charge in [-0.25, -0.2) is 0 Å². The standard InChI is InChI=1S/C15H16BrN3O2/c1-10(20)19-12-5-6-15(21-2)14(7-12)18-9-13-4-3-11(16)8-17-13/h3-8,18H,9H2,1-2H3,(H,19,20). The number of aromatic nitrogens is 1. The van der Waals surface area contributed by atoms with Crippen LogP contribution in [-0.2, 0) is 11.3 Å². The van der Waals surface area contributed by atoms with Crippen molar-refractivity contribution in [2.24, 2.45) is 0 Å². The first-order chi connectivity index (χ1) is 10.1. The molecular weight excluding hydrogens is 334 g/mol. The molecule has 0 aliphatic rings. The zero-order valence-corrected chi connectivity index (χ0v) is 13.4. The maximum atomic E-state index is 11.1. The van der Waals surface area contributed by atoms with E-state index in [1.54, 1.807) is 19.4 Å². The number of anilines is 2. The number of hydrogen-bond donors (Lipinski definition) is 2. The van der Waals surface area contributed by atoms with Gasteiger partial charge in [-0.1, -0.05) is 0 Å². The van der Waals surface area contributed by atoms with Crippen LogP contribution >= 0.6 is 15.9 Å². The molecule has 0 bridgehead atoms. The molecule has 0 saturated heterocycles. The molecule has 0 atom stereocenters. The molecule has 1 amide bonds. The molecule has 0 spiro atoms. The van der Waals surface area contributed by atoms with Gasteiger partial charge in [0.05, 0.1) is 25.0 Å². The summed E-state index contributed by atoms with van der Waals surface area (Å²) in [6, 6.07) is 9.31. The van der Waals surface area contributed by atoms with Crippen LogP contribution in [0.1, 0.15) is 12.6 Å². The molecule has 6 heteroatoms. The van der Waals surface area contributed by atoms with Gasteiger partial charge in [-0.15, -0.1) is 0 Å². The van der Waals surface area contributed by atoms with Gasteiger partial charge in [0.1, 0.15) is 5.75 Å². The van der Waals surface area contributed by atoms with Crippen molar-refractivity contribution in [2.75, 3.05) is 17.7 Å². The summed E-state index contributed by atoms with van der Waals surface area (Å²) in [6.45, 7) is 2.04. The Morgan fingerprint density at radius 2 is 2.14 bits per heavy atom. The lowest BCUT2D eigenvalue weighted by molar-refractivity contribution is -0.114. The van der Waals surface area contributed by atoms with E-state index in [1.807, 2.05) is 24.3 Å². The van der Waals surface area contributed by atoms with Gasteiger partial charge in [0.15, 0.2) is 0 Å². The highest BCUT2D eigenvalue weighted by Gasteiger charge is 2.06. The van der Waals surface area contributed by atoms with E-state index in [9.17, 15) is 4.79 Å². The number of nitrogens with one attached hydrogen (secondary N) is 2. The van der Waals surface area contributed by atoms with Crippen molar-refractivity contribution in [1.82, 2.24) is 4.98 Å². The van der Waals surface area contributed by atoms with E-state index in [4.69, 9.17) is 4.74 Å². The van der Waals surface area contributed by atoms with Crippen LogP contribution in [0.5, 0.6) is 5.75 Å². The smallest absolute Gasteiger partial charge is 0.221 e. The number of hydrogen-bond acceptors (Lipinski definition) is 4. The average Bonchev–Trinajstić information content (AvgIpc) is 2.46. The summed E-state index contributed by atoms with van der Waals surface area (Å²) in [7, 11) is 1.61. The van der Waals surface area contributed by atoms with Gasteiger partial charge in [0.25, 0.3) is 0 Å². The SMILES string of the molecule is COc1ccc(NC(C)=O)cc1NCc1ccc(Br)cn1. The highest BCUT2D eigenvalue weighted by atomic mass is 79.9. The second-order valence-corrected chi connectivity index (χ2v) is 5.33.